The standard InChI is InChI=1S/C18H17N3O4S/c22-21(23)18-8-4-3-7-17(18)19-11-12-20-26(24,25)16-10-9-14-5-1-2-6-15(14)13-16/h1-10,13,19-20H,11-12H2. The normalized spacial score (nSPS) is 11.4. The first-order valence-electron chi connectivity index (χ1n) is 7.93. The van der Waals surface area contributed by atoms with E-state index in [-0.39, 0.29) is 23.7 Å². The molecule has 3 rings (SSSR count). The molecule has 0 saturated carbocycles. The van der Waals surface area contributed by atoms with Crippen LogP contribution in [0.4, 0.5) is 11.4 Å². The fourth-order valence-electron chi connectivity index (χ4n) is 2.58. The Labute approximate surface area is 150 Å². The summed E-state index contributed by atoms with van der Waals surface area (Å²) in [6, 6.07) is 18.7. The third kappa shape index (κ3) is 3.98. The predicted octanol–water partition coefficient (Wildman–Crippen LogP) is 3.14. The van der Waals surface area contributed by atoms with Gasteiger partial charge in [-0.2, -0.15) is 0 Å². The van der Waals surface area contributed by atoms with E-state index in [1.807, 2.05) is 24.3 Å². The molecule has 0 aromatic heterocycles. The molecule has 0 aliphatic rings. The maximum absolute atomic E-state index is 12.4. The van der Waals surface area contributed by atoms with E-state index in [1.54, 1.807) is 36.4 Å². The molecule has 0 aliphatic carbocycles. The summed E-state index contributed by atoms with van der Waals surface area (Å²) in [5.74, 6) is 0. The molecular formula is C18H17N3O4S. The number of fused-ring (bicyclic) bond motifs is 1. The highest BCUT2D eigenvalue weighted by molar-refractivity contribution is 7.89. The molecule has 0 atom stereocenters. The zero-order chi connectivity index (χ0) is 18.6. The van der Waals surface area contributed by atoms with Gasteiger partial charge in [0.25, 0.3) is 5.69 Å². The van der Waals surface area contributed by atoms with Gasteiger partial charge in [-0.1, -0.05) is 42.5 Å². The molecule has 134 valence electrons. The van der Waals surface area contributed by atoms with Crippen LogP contribution in [0, 0.1) is 10.1 Å². The van der Waals surface area contributed by atoms with Crippen molar-refractivity contribution in [3.63, 3.8) is 0 Å². The molecule has 0 bridgehead atoms. The Morgan fingerprint density at radius 3 is 2.35 bits per heavy atom. The average molecular weight is 371 g/mol. The quantitative estimate of drug-likeness (QED) is 0.377. The lowest BCUT2D eigenvalue weighted by atomic mass is 10.1. The fourth-order valence-corrected chi connectivity index (χ4v) is 3.65. The highest BCUT2D eigenvalue weighted by Crippen LogP contribution is 2.22. The number of nitro benzene ring substituents is 1. The van der Waals surface area contributed by atoms with Gasteiger partial charge in [0, 0.05) is 19.2 Å². The highest BCUT2D eigenvalue weighted by Gasteiger charge is 2.15. The van der Waals surface area contributed by atoms with Crippen LogP contribution in [0.1, 0.15) is 0 Å². The number of nitrogens with zero attached hydrogens (tertiary/aromatic N) is 1. The van der Waals surface area contributed by atoms with Crippen molar-refractivity contribution in [2.45, 2.75) is 4.90 Å². The SMILES string of the molecule is O=[N+]([O-])c1ccccc1NCCNS(=O)(=O)c1ccc2ccccc2c1. The van der Waals surface area contributed by atoms with E-state index in [1.165, 1.54) is 6.07 Å². The van der Waals surface area contributed by atoms with Gasteiger partial charge < -0.3 is 5.32 Å². The van der Waals surface area contributed by atoms with Crippen molar-refractivity contribution in [2.24, 2.45) is 0 Å². The Kier molecular flexibility index (Phi) is 5.15. The molecule has 0 radical (unpaired) electrons. The summed E-state index contributed by atoms with van der Waals surface area (Å²) in [6.07, 6.45) is 0. The summed E-state index contributed by atoms with van der Waals surface area (Å²) >= 11 is 0. The summed E-state index contributed by atoms with van der Waals surface area (Å²) in [4.78, 5) is 10.7. The van der Waals surface area contributed by atoms with Crippen LogP contribution in [0.5, 0.6) is 0 Å². The maximum atomic E-state index is 12.4. The molecule has 3 aromatic carbocycles. The lowest BCUT2D eigenvalue weighted by Gasteiger charge is -2.10. The average Bonchev–Trinajstić information content (AvgIpc) is 2.65. The number of hydrogen-bond donors (Lipinski definition) is 2. The number of rotatable bonds is 7. The third-order valence-corrected chi connectivity index (χ3v) is 5.32. The first-order chi connectivity index (χ1) is 12.5. The number of nitro groups is 1. The maximum Gasteiger partial charge on any atom is 0.292 e. The van der Waals surface area contributed by atoms with Crippen molar-refractivity contribution in [1.82, 2.24) is 4.72 Å². The number of benzene rings is 3. The van der Waals surface area contributed by atoms with E-state index in [0.29, 0.717) is 5.69 Å². The second kappa shape index (κ2) is 7.51. The van der Waals surface area contributed by atoms with Crippen molar-refractivity contribution in [1.29, 1.82) is 0 Å². The van der Waals surface area contributed by atoms with Gasteiger partial charge in [-0.3, -0.25) is 10.1 Å². The molecular weight excluding hydrogens is 354 g/mol. The lowest BCUT2D eigenvalue weighted by Crippen LogP contribution is -2.29. The molecule has 26 heavy (non-hydrogen) atoms. The molecule has 0 aliphatic heterocycles. The Morgan fingerprint density at radius 1 is 0.885 bits per heavy atom. The van der Waals surface area contributed by atoms with E-state index in [2.05, 4.69) is 10.0 Å². The van der Waals surface area contributed by atoms with Crippen LogP contribution >= 0.6 is 0 Å². The summed E-state index contributed by atoms with van der Waals surface area (Å²) in [6.45, 7) is 0.318. The van der Waals surface area contributed by atoms with Gasteiger partial charge >= 0.3 is 0 Å². The Hall–Kier alpha value is -2.97. The van der Waals surface area contributed by atoms with Gasteiger partial charge in [-0.05, 0) is 29.0 Å². The fraction of sp³-hybridized carbons (Fsp3) is 0.111. The van der Waals surface area contributed by atoms with E-state index < -0.39 is 14.9 Å². The van der Waals surface area contributed by atoms with E-state index >= 15 is 0 Å². The minimum absolute atomic E-state index is 0.0510. The minimum Gasteiger partial charge on any atom is -0.378 e. The Morgan fingerprint density at radius 2 is 1.58 bits per heavy atom. The highest BCUT2D eigenvalue weighted by atomic mass is 32.2. The monoisotopic (exact) mass is 371 g/mol. The van der Waals surface area contributed by atoms with Crippen LogP contribution in [-0.4, -0.2) is 26.4 Å². The number of para-hydroxylation sites is 2. The number of sulfonamides is 1. The van der Waals surface area contributed by atoms with Crippen LogP contribution in [0.25, 0.3) is 10.8 Å². The Balaban J connectivity index is 1.64. The van der Waals surface area contributed by atoms with Gasteiger partial charge in [0.05, 0.1) is 9.82 Å². The first kappa shape index (κ1) is 17.8. The number of anilines is 1. The summed E-state index contributed by atoms with van der Waals surface area (Å²) in [5.41, 5.74) is 0.298. The van der Waals surface area contributed by atoms with Gasteiger partial charge in [0.15, 0.2) is 0 Å². The van der Waals surface area contributed by atoms with Gasteiger partial charge in [0.1, 0.15) is 5.69 Å². The topological polar surface area (TPSA) is 101 Å². The van der Waals surface area contributed by atoms with Crippen LogP contribution < -0.4 is 10.0 Å². The molecule has 7 nitrogen and oxygen atoms in total. The van der Waals surface area contributed by atoms with Crippen molar-refractivity contribution in [3.8, 4) is 0 Å². The number of nitrogens with one attached hydrogen (secondary N) is 2. The zero-order valence-electron chi connectivity index (χ0n) is 13.8. The second-order valence-corrected chi connectivity index (χ2v) is 7.37. The number of hydrogen-bond acceptors (Lipinski definition) is 5. The van der Waals surface area contributed by atoms with Crippen LogP contribution in [-0.2, 0) is 10.0 Å². The van der Waals surface area contributed by atoms with Crippen molar-refractivity contribution < 1.29 is 13.3 Å². The summed E-state index contributed by atoms with van der Waals surface area (Å²) in [7, 11) is -3.66. The van der Waals surface area contributed by atoms with Crippen LogP contribution in [0.15, 0.2) is 71.6 Å². The van der Waals surface area contributed by atoms with E-state index in [4.69, 9.17) is 0 Å². The molecule has 3 aromatic rings. The molecule has 0 saturated heterocycles. The van der Waals surface area contributed by atoms with E-state index in [0.717, 1.165) is 10.8 Å². The minimum atomic E-state index is -3.66. The van der Waals surface area contributed by atoms with Crippen molar-refractivity contribution in [3.05, 3.63) is 76.8 Å². The summed E-state index contributed by atoms with van der Waals surface area (Å²) in [5, 5.41) is 15.6. The van der Waals surface area contributed by atoms with Crippen molar-refractivity contribution >= 4 is 32.2 Å². The Bertz CT molecular complexity index is 1050. The van der Waals surface area contributed by atoms with Crippen LogP contribution in [0.2, 0.25) is 0 Å². The first-order valence-corrected chi connectivity index (χ1v) is 9.41. The zero-order valence-corrected chi connectivity index (χ0v) is 14.6. The molecule has 2 N–H and O–H groups in total. The van der Waals surface area contributed by atoms with Crippen LogP contribution in [0.3, 0.4) is 0 Å². The molecule has 0 heterocycles. The van der Waals surface area contributed by atoms with Gasteiger partial charge in [0.2, 0.25) is 10.0 Å². The summed E-state index contributed by atoms with van der Waals surface area (Å²) < 4.78 is 27.3. The van der Waals surface area contributed by atoms with Gasteiger partial charge in [-0.15, -0.1) is 0 Å². The largest absolute Gasteiger partial charge is 0.378 e. The van der Waals surface area contributed by atoms with E-state index in [9.17, 15) is 18.5 Å². The smallest absolute Gasteiger partial charge is 0.292 e. The molecule has 0 spiro atoms. The molecule has 8 heteroatoms. The van der Waals surface area contributed by atoms with Crippen molar-refractivity contribution in [2.75, 3.05) is 18.4 Å². The third-order valence-electron chi connectivity index (χ3n) is 3.86. The predicted molar refractivity (Wildman–Crippen MR) is 101 cm³/mol. The molecule has 0 amide bonds. The molecule has 0 fully saturated rings. The van der Waals surface area contributed by atoms with Gasteiger partial charge in [-0.25, -0.2) is 13.1 Å². The lowest BCUT2D eigenvalue weighted by molar-refractivity contribution is -0.384. The molecule has 0 unspecified atom stereocenters. The second-order valence-electron chi connectivity index (χ2n) is 5.61.